The average Bonchev–Trinajstić information content (AvgIpc) is 2.56. The number of phenols is 5. The Morgan fingerprint density at radius 1 is 0.958 bits per heavy atom. The molecule has 0 spiro atoms. The van der Waals surface area contributed by atoms with Crippen LogP contribution < -0.4 is 4.74 Å². The summed E-state index contributed by atoms with van der Waals surface area (Å²) in [6.45, 7) is 2.05. The Hall–Kier alpha value is -3.09. The molecule has 0 radical (unpaired) electrons. The number of rotatable bonds is 6. The first kappa shape index (κ1) is 17.3. The van der Waals surface area contributed by atoms with Crippen molar-refractivity contribution in [2.75, 3.05) is 6.61 Å². The Kier molecular flexibility index (Phi) is 5.03. The third kappa shape index (κ3) is 3.01. The Balaban J connectivity index is 2.53. The smallest absolute Gasteiger partial charge is 0.211 e. The highest BCUT2D eigenvalue weighted by atomic mass is 16.5. The maximum Gasteiger partial charge on any atom is 0.211 e. The second-order valence-corrected chi connectivity index (χ2v) is 5.15. The van der Waals surface area contributed by atoms with Crippen LogP contribution in [0.3, 0.4) is 0 Å². The molecule has 0 aliphatic heterocycles. The van der Waals surface area contributed by atoms with Gasteiger partial charge in [-0.2, -0.15) is 0 Å². The molecule has 0 aromatic heterocycles. The molecular weight excluding hydrogens is 316 g/mol. The van der Waals surface area contributed by atoms with E-state index in [1.54, 1.807) is 0 Å². The second-order valence-electron chi connectivity index (χ2n) is 5.15. The number of unbranched alkanes of at least 4 members (excludes halogenated alkanes) is 1. The molecule has 128 valence electrons. The van der Waals surface area contributed by atoms with Crippen LogP contribution in [0.25, 0.3) is 0 Å². The van der Waals surface area contributed by atoms with Gasteiger partial charge >= 0.3 is 0 Å². The molecule has 24 heavy (non-hydrogen) atoms. The summed E-state index contributed by atoms with van der Waals surface area (Å²) in [5.74, 6) is -5.44. The fraction of sp³-hybridized carbons (Fsp3) is 0.235. The van der Waals surface area contributed by atoms with Crippen molar-refractivity contribution in [2.45, 2.75) is 19.8 Å². The van der Waals surface area contributed by atoms with Crippen LogP contribution in [0.5, 0.6) is 34.5 Å². The molecule has 0 unspecified atom stereocenters. The molecule has 7 nitrogen and oxygen atoms in total. The lowest BCUT2D eigenvalue weighted by molar-refractivity contribution is 0.102. The van der Waals surface area contributed by atoms with Crippen molar-refractivity contribution in [1.29, 1.82) is 0 Å². The van der Waals surface area contributed by atoms with E-state index in [0.29, 0.717) is 6.42 Å². The molecule has 7 heteroatoms. The van der Waals surface area contributed by atoms with Gasteiger partial charge in [-0.25, -0.2) is 0 Å². The predicted octanol–water partition coefficient (Wildman–Crippen LogP) is 2.62. The lowest BCUT2D eigenvalue weighted by Crippen LogP contribution is -2.05. The van der Waals surface area contributed by atoms with Gasteiger partial charge < -0.3 is 30.3 Å². The van der Waals surface area contributed by atoms with Gasteiger partial charge in [0.15, 0.2) is 11.5 Å². The minimum absolute atomic E-state index is 0.142. The van der Waals surface area contributed by atoms with Gasteiger partial charge in [-0.05, 0) is 18.6 Å². The summed E-state index contributed by atoms with van der Waals surface area (Å²) in [6, 6.07) is 5.49. The number of hydrogen-bond acceptors (Lipinski definition) is 7. The summed E-state index contributed by atoms with van der Waals surface area (Å²) >= 11 is 0. The molecule has 2 rings (SSSR count). The SMILES string of the molecule is CCCCOc1c(O)c(O)c(C(=O)c2ccccc2O)c(O)c1O. The van der Waals surface area contributed by atoms with Gasteiger partial charge in [-0.3, -0.25) is 4.79 Å². The lowest BCUT2D eigenvalue weighted by atomic mass is 9.99. The maximum atomic E-state index is 12.4. The fourth-order valence-corrected chi connectivity index (χ4v) is 2.15. The Morgan fingerprint density at radius 2 is 1.54 bits per heavy atom. The summed E-state index contributed by atoms with van der Waals surface area (Å²) in [4.78, 5) is 12.4. The third-order valence-electron chi connectivity index (χ3n) is 3.47. The summed E-state index contributed by atoms with van der Waals surface area (Å²) in [5.41, 5.74) is -0.934. The fourth-order valence-electron chi connectivity index (χ4n) is 2.15. The monoisotopic (exact) mass is 334 g/mol. The van der Waals surface area contributed by atoms with Gasteiger partial charge in [-0.15, -0.1) is 0 Å². The van der Waals surface area contributed by atoms with Crippen LogP contribution in [0.1, 0.15) is 35.7 Å². The van der Waals surface area contributed by atoms with E-state index in [9.17, 15) is 30.3 Å². The summed E-state index contributed by atoms with van der Waals surface area (Å²) < 4.78 is 5.15. The Morgan fingerprint density at radius 3 is 2.08 bits per heavy atom. The van der Waals surface area contributed by atoms with Crippen molar-refractivity contribution in [3.05, 3.63) is 35.4 Å². The minimum atomic E-state index is -0.964. The molecule has 0 atom stereocenters. The Bertz CT molecular complexity index is 739. The quantitative estimate of drug-likeness (QED) is 0.238. The van der Waals surface area contributed by atoms with Crippen LogP contribution in [-0.4, -0.2) is 37.9 Å². The van der Waals surface area contributed by atoms with Crippen LogP contribution >= 0.6 is 0 Å². The van der Waals surface area contributed by atoms with Gasteiger partial charge in [0.2, 0.25) is 23.0 Å². The number of hydrogen-bond donors (Lipinski definition) is 5. The van der Waals surface area contributed by atoms with Gasteiger partial charge in [0, 0.05) is 0 Å². The minimum Gasteiger partial charge on any atom is -0.507 e. The number of ketones is 1. The molecule has 2 aromatic rings. The summed E-state index contributed by atoms with van der Waals surface area (Å²) in [7, 11) is 0. The summed E-state index contributed by atoms with van der Waals surface area (Å²) in [6.07, 6.45) is 1.42. The summed E-state index contributed by atoms with van der Waals surface area (Å²) in [5, 5.41) is 49.8. The van der Waals surface area contributed by atoms with E-state index in [2.05, 4.69) is 0 Å². The normalized spacial score (nSPS) is 10.5. The topological polar surface area (TPSA) is 127 Å². The Labute approximate surface area is 138 Å². The lowest BCUT2D eigenvalue weighted by Gasteiger charge is -2.15. The van der Waals surface area contributed by atoms with Crippen molar-refractivity contribution < 1.29 is 35.1 Å². The van der Waals surface area contributed by atoms with Crippen LogP contribution in [-0.2, 0) is 0 Å². The van der Waals surface area contributed by atoms with Crippen LogP contribution in [0.2, 0.25) is 0 Å². The highest BCUT2D eigenvalue weighted by molar-refractivity contribution is 6.15. The molecule has 5 N–H and O–H groups in total. The van der Waals surface area contributed by atoms with E-state index in [-0.39, 0.29) is 17.9 Å². The first-order valence-electron chi connectivity index (χ1n) is 7.35. The van der Waals surface area contributed by atoms with Gasteiger partial charge in [0.1, 0.15) is 11.3 Å². The van der Waals surface area contributed by atoms with Crippen LogP contribution in [0.4, 0.5) is 0 Å². The predicted molar refractivity (Wildman–Crippen MR) is 85.0 cm³/mol. The number of para-hydroxylation sites is 1. The van der Waals surface area contributed by atoms with Crippen LogP contribution in [0.15, 0.2) is 24.3 Å². The van der Waals surface area contributed by atoms with E-state index < -0.39 is 40.1 Å². The van der Waals surface area contributed by atoms with Gasteiger partial charge in [-0.1, -0.05) is 25.5 Å². The molecule has 2 aromatic carbocycles. The number of ether oxygens (including phenoxy) is 1. The number of phenolic OH excluding ortho intramolecular Hbond substituents is 5. The molecule has 0 aliphatic rings. The number of aromatic hydroxyl groups is 5. The molecule has 0 saturated heterocycles. The highest BCUT2D eigenvalue weighted by Crippen LogP contribution is 2.52. The molecule has 0 saturated carbocycles. The first-order valence-corrected chi connectivity index (χ1v) is 7.35. The van der Waals surface area contributed by atoms with Gasteiger partial charge in [0.25, 0.3) is 0 Å². The van der Waals surface area contributed by atoms with Crippen molar-refractivity contribution in [1.82, 2.24) is 0 Å². The zero-order valence-electron chi connectivity index (χ0n) is 13.0. The van der Waals surface area contributed by atoms with E-state index >= 15 is 0 Å². The first-order chi connectivity index (χ1) is 11.4. The second kappa shape index (κ2) is 6.99. The van der Waals surface area contributed by atoms with E-state index in [1.165, 1.54) is 24.3 Å². The van der Waals surface area contributed by atoms with Gasteiger partial charge in [0.05, 0.1) is 12.2 Å². The zero-order valence-corrected chi connectivity index (χ0v) is 13.0. The van der Waals surface area contributed by atoms with E-state index in [0.717, 1.165) is 6.42 Å². The maximum absolute atomic E-state index is 12.4. The molecule has 0 heterocycles. The zero-order chi connectivity index (χ0) is 17.9. The largest absolute Gasteiger partial charge is 0.507 e. The number of carbonyl (C=O) groups is 1. The van der Waals surface area contributed by atoms with Crippen molar-refractivity contribution in [3.8, 4) is 34.5 Å². The number of benzene rings is 2. The molecule has 0 fully saturated rings. The standard InChI is InChI=1S/C17H18O7/c1-2-3-8-24-17-15(22)13(20)11(14(21)16(17)23)12(19)9-6-4-5-7-10(9)18/h4-7,18,20-23H,2-3,8H2,1H3. The highest BCUT2D eigenvalue weighted by Gasteiger charge is 2.30. The molecule has 0 bridgehead atoms. The number of carbonyl (C=O) groups excluding carboxylic acids is 1. The van der Waals surface area contributed by atoms with E-state index in [4.69, 9.17) is 4.74 Å². The third-order valence-corrected chi connectivity index (χ3v) is 3.47. The van der Waals surface area contributed by atoms with Crippen molar-refractivity contribution >= 4 is 5.78 Å². The average molecular weight is 334 g/mol. The molecule has 0 amide bonds. The van der Waals surface area contributed by atoms with E-state index in [1.807, 2.05) is 6.92 Å². The van der Waals surface area contributed by atoms with Crippen molar-refractivity contribution in [2.24, 2.45) is 0 Å². The molecular formula is C17H18O7. The van der Waals surface area contributed by atoms with Crippen molar-refractivity contribution in [3.63, 3.8) is 0 Å². The van der Waals surface area contributed by atoms with Crippen LogP contribution in [0, 0.1) is 0 Å². The molecule has 0 aliphatic carbocycles.